The minimum absolute atomic E-state index is 0.824. The maximum Gasteiger partial charge on any atom is 0.370 e. The van der Waals surface area contributed by atoms with Gasteiger partial charge in [-0.15, -0.1) is 0 Å². The normalized spacial score (nSPS) is 15.7. The SMILES string of the molecule is C1=CC2=CC=C1C2.C=C(O)C(=O)O. The van der Waals surface area contributed by atoms with E-state index in [2.05, 4.69) is 30.9 Å². The van der Waals surface area contributed by atoms with Gasteiger partial charge in [-0.05, 0) is 24.1 Å². The van der Waals surface area contributed by atoms with Crippen molar-refractivity contribution in [3.63, 3.8) is 0 Å². The van der Waals surface area contributed by atoms with E-state index in [0.29, 0.717) is 0 Å². The third kappa shape index (κ3) is 2.63. The first-order chi connectivity index (χ1) is 6.09. The Morgan fingerprint density at radius 1 is 1.23 bits per heavy atom. The largest absolute Gasteiger partial charge is 0.502 e. The molecule has 0 saturated heterocycles. The van der Waals surface area contributed by atoms with Crippen LogP contribution in [0.5, 0.6) is 0 Å². The average Bonchev–Trinajstić information content (AvgIpc) is 2.67. The van der Waals surface area contributed by atoms with Crippen molar-refractivity contribution in [3.8, 4) is 0 Å². The zero-order chi connectivity index (χ0) is 9.84. The maximum atomic E-state index is 9.35. The summed E-state index contributed by atoms with van der Waals surface area (Å²) in [6.45, 7) is 2.71. The van der Waals surface area contributed by atoms with Crippen LogP contribution in [0.4, 0.5) is 0 Å². The van der Waals surface area contributed by atoms with Crippen molar-refractivity contribution in [2.24, 2.45) is 0 Å². The molecule has 0 fully saturated rings. The molecule has 2 rings (SSSR count). The highest BCUT2D eigenvalue weighted by Gasteiger charge is 2.07. The minimum Gasteiger partial charge on any atom is -0.502 e. The summed E-state index contributed by atoms with van der Waals surface area (Å²) in [5.74, 6) is -2.20. The predicted molar refractivity (Wildman–Crippen MR) is 49.3 cm³/mol. The Hall–Kier alpha value is -1.77. The Morgan fingerprint density at radius 3 is 1.69 bits per heavy atom. The number of aliphatic hydroxyl groups is 1. The van der Waals surface area contributed by atoms with Gasteiger partial charge in [-0.3, -0.25) is 0 Å². The molecule has 0 amide bonds. The Balaban J connectivity index is 0.000000133. The van der Waals surface area contributed by atoms with Crippen LogP contribution in [0.3, 0.4) is 0 Å². The highest BCUT2D eigenvalue weighted by atomic mass is 16.4. The maximum absolute atomic E-state index is 9.35. The van der Waals surface area contributed by atoms with Crippen LogP contribution in [0.15, 0.2) is 47.8 Å². The zero-order valence-corrected chi connectivity index (χ0v) is 7.03. The van der Waals surface area contributed by atoms with Gasteiger partial charge < -0.3 is 10.2 Å². The minimum atomic E-state index is -1.38. The fraction of sp³-hybridized carbons (Fsp3) is 0.100. The van der Waals surface area contributed by atoms with E-state index in [1.807, 2.05) is 0 Å². The van der Waals surface area contributed by atoms with Crippen LogP contribution in [-0.2, 0) is 4.79 Å². The van der Waals surface area contributed by atoms with E-state index in [9.17, 15) is 4.79 Å². The molecule has 0 aromatic heterocycles. The summed E-state index contributed by atoms with van der Waals surface area (Å²) in [5.41, 5.74) is 2.94. The number of hydrogen-bond donors (Lipinski definition) is 2. The van der Waals surface area contributed by atoms with Gasteiger partial charge in [-0.2, -0.15) is 0 Å². The predicted octanol–water partition coefficient (Wildman–Crippen LogP) is 1.96. The zero-order valence-electron chi connectivity index (χ0n) is 7.03. The molecule has 0 aromatic rings. The molecule has 0 spiro atoms. The fourth-order valence-electron chi connectivity index (χ4n) is 1.01. The Kier molecular flexibility index (Phi) is 2.69. The molecule has 0 radical (unpaired) electrons. The van der Waals surface area contributed by atoms with E-state index < -0.39 is 11.7 Å². The van der Waals surface area contributed by atoms with E-state index in [1.165, 1.54) is 17.6 Å². The summed E-state index contributed by atoms with van der Waals surface area (Å²) in [6, 6.07) is 0. The molecule has 0 aliphatic heterocycles. The number of carbonyl (C=O) groups is 1. The molecule has 2 aliphatic carbocycles. The molecule has 0 heterocycles. The lowest BCUT2D eigenvalue weighted by atomic mass is 10.3. The second-order valence-corrected chi connectivity index (χ2v) is 2.75. The van der Waals surface area contributed by atoms with Crippen LogP contribution < -0.4 is 0 Å². The summed E-state index contributed by atoms with van der Waals surface area (Å²) in [4.78, 5) is 9.35. The molecular weight excluding hydrogens is 168 g/mol. The molecule has 68 valence electrons. The van der Waals surface area contributed by atoms with E-state index >= 15 is 0 Å². The summed E-state index contributed by atoms with van der Waals surface area (Å²) < 4.78 is 0. The Bertz CT molecular complexity index is 300. The molecule has 0 atom stereocenters. The van der Waals surface area contributed by atoms with Crippen molar-refractivity contribution in [1.82, 2.24) is 0 Å². The van der Waals surface area contributed by atoms with Crippen molar-refractivity contribution >= 4 is 5.97 Å². The third-order valence-electron chi connectivity index (χ3n) is 1.68. The lowest BCUT2D eigenvalue weighted by molar-refractivity contribution is -0.135. The van der Waals surface area contributed by atoms with Gasteiger partial charge in [0, 0.05) is 0 Å². The lowest BCUT2D eigenvalue weighted by Crippen LogP contribution is -1.95. The molecule has 3 heteroatoms. The van der Waals surface area contributed by atoms with Gasteiger partial charge in [0.05, 0.1) is 0 Å². The monoisotopic (exact) mass is 178 g/mol. The van der Waals surface area contributed by atoms with Crippen molar-refractivity contribution in [3.05, 3.63) is 47.8 Å². The number of hydrogen-bond acceptors (Lipinski definition) is 2. The standard InChI is InChI=1S/C7H6.C3H4O3/c1-2-7-4-3-6(1)5-7;1-2(4)3(5)6/h1-4H,5H2;4H,1H2,(H,5,6). The second kappa shape index (κ2) is 3.76. The Morgan fingerprint density at radius 2 is 1.62 bits per heavy atom. The topological polar surface area (TPSA) is 57.5 Å². The number of aliphatic hydroxyl groups excluding tert-OH is 1. The van der Waals surface area contributed by atoms with E-state index in [1.54, 1.807) is 0 Å². The van der Waals surface area contributed by atoms with Gasteiger partial charge >= 0.3 is 5.97 Å². The highest BCUT2D eigenvalue weighted by molar-refractivity contribution is 5.82. The van der Waals surface area contributed by atoms with Crippen LogP contribution >= 0.6 is 0 Å². The van der Waals surface area contributed by atoms with Gasteiger partial charge in [-0.1, -0.05) is 24.3 Å². The van der Waals surface area contributed by atoms with Crippen LogP contribution in [-0.4, -0.2) is 16.2 Å². The van der Waals surface area contributed by atoms with E-state index in [-0.39, 0.29) is 0 Å². The molecule has 0 unspecified atom stereocenters. The molecule has 0 aromatic carbocycles. The van der Waals surface area contributed by atoms with Crippen molar-refractivity contribution in [2.75, 3.05) is 0 Å². The summed E-state index contributed by atoms with van der Waals surface area (Å²) in [7, 11) is 0. The summed E-state index contributed by atoms with van der Waals surface area (Å²) in [6.07, 6.45) is 9.90. The van der Waals surface area contributed by atoms with Crippen LogP contribution in [0.25, 0.3) is 0 Å². The van der Waals surface area contributed by atoms with E-state index in [4.69, 9.17) is 10.2 Å². The van der Waals surface area contributed by atoms with Crippen molar-refractivity contribution < 1.29 is 15.0 Å². The highest BCUT2D eigenvalue weighted by Crippen LogP contribution is 2.27. The van der Waals surface area contributed by atoms with Crippen molar-refractivity contribution in [2.45, 2.75) is 6.42 Å². The average molecular weight is 178 g/mol. The van der Waals surface area contributed by atoms with Gasteiger partial charge in [0.25, 0.3) is 0 Å². The second-order valence-electron chi connectivity index (χ2n) is 2.75. The van der Waals surface area contributed by atoms with Crippen LogP contribution in [0.2, 0.25) is 0 Å². The van der Waals surface area contributed by atoms with Crippen LogP contribution in [0, 0.1) is 0 Å². The smallest absolute Gasteiger partial charge is 0.370 e. The number of carboxylic acids is 1. The van der Waals surface area contributed by atoms with Gasteiger partial charge in [-0.25, -0.2) is 4.79 Å². The molecule has 0 saturated carbocycles. The first kappa shape index (κ1) is 9.32. The van der Waals surface area contributed by atoms with Gasteiger partial charge in [0.15, 0.2) is 5.76 Å². The molecule has 13 heavy (non-hydrogen) atoms. The first-order valence-corrected chi connectivity index (χ1v) is 3.78. The summed E-state index contributed by atoms with van der Waals surface area (Å²) >= 11 is 0. The summed E-state index contributed by atoms with van der Waals surface area (Å²) in [5, 5.41) is 15.5. The molecule has 2 N–H and O–H groups in total. The number of fused-ring (bicyclic) bond motifs is 2. The van der Waals surface area contributed by atoms with Gasteiger partial charge in [0.1, 0.15) is 0 Å². The number of aliphatic carboxylic acids is 1. The van der Waals surface area contributed by atoms with Gasteiger partial charge in [0.2, 0.25) is 0 Å². The fourth-order valence-corrected chi connectivity index (χ4v) is 1.01. The third-order valence-corrected chi connectivity index (χ3v) is 1.68. The molecular formula is C10H10O3. The molecule has 2 bridgehead atoms. The number of allylic oxidation sites excluding steroid dienone is 6. The van der Waals surface area contributed by atoms with Crippen LogP contribution in [0.1, 0.15) is 6.42 Å². The molecule has 2 aliphatic rings. The first-order valence-electron chi connectivity index (χ1n) is 3.78. The van der Waals surface area contributed by atoms with E-state index in [0.717, 1.165) is 0 Å². The molecule has 3 nitrogen and oxygen atoms in total. The number of rotatable bonds is 1. The lowest BCUT2D eigenvalue weighted by Gasteiger charge is -1.79. The number of carboxylic acid groups (broad SMARTS) is 1. The Labute approximate surface area is 76.0 Å². The van der Waals surface area contributed by atoms with Crippen molar-refractivity contribution in [1.29, 1.82) is 0 Å². The quantitative estimate of drug-likeness (QED) is 0.476.